The van der Waals surface area contributed by atoms with E-state index >= 15 is 0 Å². The van der Waals surface area contributed by atoms with E-state index in [0.29, 0.717) is 18.0 Å². The molecule has 90 valence electrons. The lowest BCUT2D eigenvalue weighted by molar-refractivity contribution is 0.306. The second-order valence-electron chi connectivity index (χ2n) is 3.62. The number of hydrogen-bond acceptors (Lipinski definition) is 5. The smallest absolute Gasteiger partial charge is 0.139 e. The predicted molar refractivity (Wildman–Crippen MR) is 67.5 cm³/mol. The summed E-state index contributed by atoms with van der Waals surface area (Å²) in [6, 6.07) is 12.7. The fraction of sp³-hybridized carbons (Fsp3) is 0.0769. The summed E-state index contributed by atoms with van der Waals surface area (Å²) in [5.41, 5.74) is 4.01. The highest BCUT2D eigenvalue weighted by molar-refractivity contribution is 5.35. The van der Waals surface area contributed by atoms with Gasteiger partial charge in [0.15, 0.2) is 0 Å². The Bertz CT molecular complexity index is 543. The van der Waals surface area contributed by atoms with Gasteiger partial charge >= 0.3 is 0 Å². The first-order valence-corrected chi connectivity index (χ1v) is 5.36. The highest BCUT2D eigenvalue weighted by Crippen LogP contribution is 2.14. The van der Waals surface area contributed by atoms with Crippen LogP contribution >= 0.6 is 0 Å². The minimum absolute atomic E-state index is 0.420. The van der Waals surface area contributed by atoms with Gasteiger partial charge in [-0.25, -0.2) is 10.8 Å². The normalized spacial score (nSPS) is 9.56. The number of ether oxygens (including phenoxy) is 1. The molecule has 0 aliphatic rings. The van der Waals surface area contributed by atoms with Crippen molar-refractivity contribution in [3.05, 3.63) is 53.7 Å². The van der Waals surface area contributed by atoms with Gasteiger partial charge in [-0.15, -0.1) is 0 Å². The Morgan fingerprint density at radius 3 is 2.56 bits per heavy atom. The number of rotatable bonds is 4. The standard InChI is InChI=1S/C13H12N4O/c14-7-10-1-4-12(5-2-10)18-9-11-3-6-13(17-15)16-8-11/h1-6,8H,9,15H2,(H,16,17). The minimum Gasteiger partial charge on any atom is -0.489 e. The first-order valence-electron chi connectivity index (χ1n) is 5.36. The van der Waals surface area contributed by atoms with Gasteiger partial charge in [-0.05, 0) is 30.3 Å². The molecule has 2 rings (SSSR count). The lowest BCUT2D eigenvalue weighted by Gasteiger charge is -2.06. The topological polar surface area (TPSA) is 84.0 Å². The SMILES string of the molecule is N#Cc1ccc(OCc2ccc(NN)nc2)cc1. The molecule has 1 aromatic heterocycles. The van der Waals surface area contributed by atoms with E-state index in [-0.39, 0.29) is 0 Å². The quantitative estimate of drug-likeness (QED) is 0.629. The number of nitrogens with zero attached hydrogens (tertiary/aromatic N) is 2. The summed E-state index contributed by atoms with van der Waals surface area (Å²) in [6.07, 6.45) is 1.69. The zero-order valence-corrected chi connectivity index (χ0v) is 9.63. The summed E-state index contributed by atoms with van der Waals surface area (Å²) >= 11 is 0. The van der Waals surface area contributed by atoms with Crippen LogP contribution < -0.4 is 16.0 Å². The van der Waals surface area contributed by atoms with Crippen molar-refractivity contribution in [1.82, 2.24) is 4.98 Å². The van der Waals surface area contributed by atoms with E-state index in [1.807, 2.05) is 6.07 Å². The van der Waals surface area contributed by atoms with Gasteiger partial charge in [0.05, 0.1) is 11.6 Å². The highest BCUT2D eigenvalue weighted by Gasteiger charge is 1.98. The molecule has 2 aromatic rings. The third-order valence-electron chi connectivity index (χ3n) is 2.36. The van der Waals surface area contributed by atoms with E-state index in [2.05, 4.69) is 16.5 Å². The summed E-state index contributed by atoms with van der Waals surface area (Å²) in [4.78, 5) is 4.08. The molecule has 3 N–H and O–H groups in total. The van der Waals surface area contributed by atoms with Crippen molar-refractivity contribution in [2.24, 2.45) is 5.84 Å². The Kier molecular flexibility index (Phi) is 3.74. The number of nitrogens with two attached hydrogens (primary N) is 1. The lowest BCUT2D eigenvalue weighted by atomic mass is 10.2. The maximum absolute atomic E-state index is 8.67. The third kappa shape index (κ3) is 2.97. The predicted octanol–water partition coefficient (Wildman–Crippen LogP) is 1.82. The lowest BCUT2D eigenvalue weighted by Crippen LogP contribution is -2.08. The molecular formula is C13H12N4O. The van der Waals surface area contributed by atoms with Crippen LogP contribution in [0.4, 0.5) is 5.82 Å². The van der Waals surface area contributed by atoms with Crippen molar-refractivity contribution < 1.29 is 4.74 Å². The Morgan fingerprint density at radius 2 is 2.00 bits per heavy atom. The van der Waals surface area contributed by atoms with E-state index in [9.17, 15) is 0 Å². The molecule has 5 heteroatoms. The molecule has 5 nitrogen and oxygen atoms in total. The fourth-order valence-electron chi connectivity index (χ4n) is 1.39. The Balaban J connectivity index is 1.95. The molecule has 0 fully saturated rings. The first-order chi connectivity index (χ1) is 8.81. The molecule has 0 amide bonds. The minimum atomic E-state index is 0.420. The van der Waals surface area contributed by atoms with Gasteiger partial charge in [0, 0.05) is 11.8 Å². The fourth-order valence-corrected chi connectivity index (χ4v) is 1.39. The van der Waals surface area contributed by atoms with E-state index < -0.39 is 0 Å². The molecule has 1 aromatic carbocycles. The van der Waals surface area contributed by atoms with Crippen LogP contribution in [-0.2, 0) is 6.61 Å². The van der Waals surface area contributed by atoms with Gasteiger partial charge in [-0.2, -0.15) is 5.26 Å². The van der Waals surface area contributed by atoms with E-state index in [0.717, 1.165) is 11.3 Å². The summed E-state index contributed by atoms with van der Waals surface area (Å²) < 4.78 is 5.56. The molecule has 0 unspecified atom stereocenters. The molecular weight excluding hydrogens is 228 g/mol. The zero-order valence-electron chi connectivity index (χ0n) is 9.63. The van der Waals surface area contributed by atoms with Gasteiger partial charge in [-0.1, -0.05) is 6.07 Å². The number of anilines is 1. The van der Waals surface area contributed by atoms with Crippen LogP contribution in [0.15, 0.2) is 42.6 Å². The van der Waals surface area contributed by atoms with Crippen molar-refractivity contribution in [3.63, 3.8) is 0 Å². The number of hydrogen-bond donors (Lipinski definition) is 2. The Morgan fingerprint density at radius 1 is 1.22 bits per heavy atom. The van der Waals surface area contributed by atoms with Crippen LogP contribution in [0.25, 0.3) is 0 Å². The summed E-state index contributed by atoms with van der Waals surface area (Å²) in [7, 11) is 0. The zero-order chi connectivity index (χ0) is 12.8. The summed E-state index contributed by atoms with van der Waals surface area (Å²) in [5, 5.41) is 8.67. The maximum Gasteiger partial charge on any atom is 0.139 e. The Hall–Kier alpha value is -2.58. The largest absolute Gasteiger partial charge is 0.489 e. The maximum atomic E-state index is 8.67. The number of aromatic nitrogens is 1. The number of nitrogen functional groups attached to an aromatic ring is 1. The molecule has 0 atom stereocenters. The number of nitrogens with one attached hydrogen (secondary N) is 1. The summed E-state index contributed by atoms with van der Waals surface area (Å²) in [6.45, 7) is 0.420. The second kappa shape index (κ2) is 5.66. The average molecular weight is 240 g/mol. The van der Waals surface area contributed by atoms with Crippen LogP contribution in [-0.4, -0.2) is 4.98 Å². The molecule has 18 heavy (non-hydrogen) atoms. The average Bonchev–Trinajstić information content (AvgIpc) is 2.46. The van der Waals surface area contributed by atoms with Gasteiger partial charge in [-0.3, -0.25) is 0 Å². The van der Waals surface area contributed by atoms with Crippen molar-refractivity contribution in [2.75, 3.05) is 5.43 Å². The van der Waals surface area contributed by atoms with Crippen molar-refractivity contribution in [1.29, 1.82) is 5.26 Å². The molecule has 0 aliphatic heterocycles. The molecule has 1 heterocycles. The first kappa shape index (κ1) is 11.9. The number of benzene rings is 1. The summed E-state index contributed by atoms with van der Waals surface area (Å²) in [5.74, 6) is 6.55. The van der Waals surface area contributed by atoms with Gasteiger partial charge in [0.2, 0.25) is 0 Å². The van der Waals surface area contributed by atoms with Gasteiger partial charge in [0.25, 0.3) is 0 Å². The van der Waals surface area contributed by atoms with Crippen molar-refractivity contribution in [2.45, 2.75) is 6.61 Å². The monoisotopic (exact) mass is 240 g/mol. The number of hydrazine groups is 1. The van der Waals surface area contributed by atoms with Gasteiger partial charge in [0.1, 0.15) is 18.2 Å². The van der Waals surface area contributed by atoms with Crippen LogP contribution in [0.5, 0.6) is 5.75 Å². The van der Waals surface area contributed by atoms with Crippen molar-refractivity contribution in [3.8, 4) is 11.8 Å². The highest BCUT2D eigenvalue weighted by atomic mass is 16.5. The van der Waals surface area contributed by atoms with Crippen molar-refractivity contribution >= 4 is 5.82 Å². The van der Waals surface area contributed by atoms with E-state index in [1.54, 1.807) is 36.5 Å². The second-order valence-corrected chi connectivity index (χ2v) is 3.62. The molecule has 0 saturated heterocycles. The third-order valence-corrected chi connectivity index (χ3v) is 2.36. The number of pyridine rings is 1. The van der Waals surface area contributed by atoms with E-state index in [1.165, 1.54) is 0 Å². The van der Waals surface area contributed by atoms with Crippen LogP contribution in [0.1, 0.15) is 11.1 Å². The van der Waals surface area contributed by atoms with Crippen LogP contribution in [0, 0.1) is 11.3 Å². The van der Waals surface area contributed by atoms with Crippen LogP contribution in [0.3, 0.4) is 0 Å². The Labute approximate surface area is 105 Å². The van der Waals surface area contributed by atoms with Crippen LogP contribution in [0.2, 0.25) is 0 Å². The van der Waals surface area contributed by atoms with Gasteiger partial charge < -0.3 is 10.2 Å². The molecule has 0 spiro atoms. The molecule has 0 bridgehead atoms. The number of nitriles is 1. The molecule has 0 aliphatic carbocycles. The molecule has 0 radical (unpaired) electrons. The molecule has 0 saturated carbocycles. The van der Waals surface area contributed by atoms with E-state index in [4.69, 9.17) is 15.8 Å².